The van der Waals surface area contributed by atoms with Crippen molar-refractivity contribution in [3.05, 3.63) is 124 Å². The zero-order chi connectivity index (χ0) is 33.2. The number of nitrogens with one attached hydrogen (secondary N) is 1. The Morgan fingerprint density at radius 2 is 1.30 bits per heavy atom. The number of hydrogen-bond acceptors (Lipinski definition) is 13. The van der Waals surface area contributed by atoms with Gasteiger partial charge in [-0.15, -0.1) is 0 Å². The van der Waals surface area contributed by atoms with Crippen LogP contribution in [-0.4, -0.2) is 76.7 Å². The lowest BCUT2D eigenvalue weighted by molar-refractivity contribution is -0.140. The maximum Gasteiger partial charge on any atom is 0.368 e. The molecule has 0 bridgehead atoms. The first kappa shape index (κ1) is 32.5. The molecular weight excluding hydrogens is 612 g/mol. The van der Waals surface area contributed by atoms with Crippen LogP contribution in [-0.2, 0) is 28.5 Å². The largest absolute Gasteiger partial charge is 0.465 e. The highest BCUT2D eigenvalue weighted by Crippen LogP contribution is 2.34. The molecule has 3 aromatic carbocycles. The van der Waals surface area contributed by atoms with Crippen LogP contribution in [0.4, 0.5) is 5.82 Å². The molecular formula is C33H30N4O10. The Bertz CT molecular complexity index is 1750. The van der Waals surface area contributed by atoms with E-state index in [1.807, 2.05) is 0 Å². The number of carbonyl (C=O) groups excluding carboxylic acids is 4. The normalized spacial score (nSPS) is 18.5. The van der Waals surface area contributed by atoms with Crippen molar-refractivity contribution in [2.45, 2.75) is 31.5 Å². The van der Waals surface area contributed by atoms with Crippen LogP contribution in [0.3, 0.4) is 0 Å². The Morgan fingerprint density at radius 3 is 1.83 bits per heavy atom. The lowest BCUT2D eigenvalue weighted by Crippen LogP contribution is -2.43. The third-order valence-electron chi connectivity index (χ3n) is 6.86. The highest BCUT2D eigenvalue weighted by atomic mass is 16.7. The zero-order valence-electron chi connectivity index (χ0n) is 25.1. The van der Waals surface area contributed by atoms with Gasteiger partial charge in [-0.2, -0.15) is 14.8 Å². The minimum atomic E-state index is -1.48. The van der Waals surface area contributed by atoms with E-state index in [9.17, 15) is 24.0 Å². The monoisotopic (exact) mass is 642 g/mol. The SMILES string of the molecule is CCOC(=O)CNc1cnn([C@@H]2O[C@@H](COC(=O)c3ccccc3)[C@@H](OC(=O)c3ccccc3)[C@H]2OC(=O)c2ccccc2)c(=O)n1. The summed E-state index contributed by atoms with van der Waals surface area (Å²) in [6.45, 7) is 1.11. The van der Waals surface area contributed by atoms with E-state index in [0.29, 0.717) is 0 Å². The number of esters is 4. The molecule has 5 rings (SSSR count). The van der Waals surface area contributed by atoms with E-state index in [4.69, 9.17) is 23.7 Å². The number of benzene rings is 3. The fourth-order valence-corrected chi connectivity index (χ4v) is 4.64. The van der Waals surface area contributed by atoms with E-state index < -0.39 is 60.7 Å². The second-order valence-electron chi connectivity index (χ2n) is 10.0. The second-order valence-corrected chi connectivity index (χ2v) is 10.0. The van der Waals surface area contributed by atoms with Gasteiger partial charge in [-0.05, 0) is 43.3 Å². The van der Waals surface area contributed by atoms with Crippen molar-refractivity contribution in [3.63, 3.8) is 0 Å². The molecule has 1 aliphatic heterocycles. The Hall–Kier alpha value is -5.89. The molecule has 242 valence electrons. The lowest BCUT2D eigenvalue weighted by atomic mass is 10.1. The fraction of sp³-hybridized carbons (Fsp3) is 0.242. The Morgan fingerprint density at radius 1 is 0.766 bits per heavy atom. The van der Waals surface area contributed by atoms with E-state index >= 15 is 0 Å². The average molecular weight is 643 g/mol. The van der Waals surface area contributed by atoms with E-state index in [0.717, 1.165) is 10.9 Å². The molecule has 1 saturated heterocycles. The van der Waals surface area contributed by atoms with Gasteiger partial charge in [0.1, 0.15) is 19.3 Å². The molecule has 0 amide bonds. The summed E-state index contributed by atoms with van der Waals surface area (Å²) in [6.07, 6.45) is -4.37. The predicted octanol–water partition coefficient (Wildman–Crippen LogP) is 2.82. The van der Waals surface area contributed by atoms with Gasteiger partial charge in [-0.1, -0.05) is 54.6 Å². The minimum absolute atomic E-state index is 0.0319. The highest BCUT2D eigenvalue weighted by Gasteiger charge is 2.52. The summed E-state index contributed by atoms with van der Waals surface area (Å²) in [7, 11) is 0. The van der Waals surface area contributed by atoms with Gasteiger partial charge in [0, 0.05) is 0 Å². The van der Waals surface area contributed by atoms with Crippen molar-refractivity contribution in [1.29, 1.82) is 0 Å². The maximum atomic E-state index is 13.3. The van der Waals surface area contributed by atoms with Crippen LogP contribution in [0.5, 0.6) is 0 Å². The van der Waals surface area contributed by atoms with Crippen LogP contribution in [0.2, 0.25) is 0 Å². The molecule has 4 atom stereocenters. The van der Waals surface area contributed by atoms with E-state index in [2.05, 4.69) is 15.4 Å². The van der Waals surface area contributed by atoms with Gasteiger partial charge in [-0.25, -0.2) is 19.2 Å². The predicted molar refractivity (Wildman–Crippen MR) is 163 cm³/mol. The second kappa shape index (κ2) is 15.4. The fourth-order valence-electron chi connectivity index (χ4n) is 4.64. The summed E-state index contributed by atoms with van der Waals surface area (Å²) < 4.78 is 29.0. The van der Waals surface area contributed by atoms with Crippen LogP contribution in [0.25, 0.3) is 0 Å². The first-order valence-electron chi connectivity index (χ1n) is 14.6. The van der Waals surface area contributed by atoms with E-state index in [1.54, 1.807) is 73.7 Å². The van der Waals surface area contributed by atoms with Crippen molar-refractivity contribution < 1.29 is 42.9 Å². The Labute approximate surface area is 268 Å². The Balaban J connectivity index is 1.47. The van der Waals surface area contributed by atoms with Crippen LogP contribution < -0.4 is 11.0 Å². The van der Waals surface area contributed by atoms with Gasteiger partial charge in [0.05, 0.1) is 29.5 Å². The van der Waals surface area contributed by atoms with Gasteiger partial charge < -0.3 is 29.0 Å². The average Bonchev–Trinajstić information content (AvgIpc) is 3.43. The van der Waals surface area contributed by atoms with Crippen molar-refractivity contribution in [3.8, 4) is 0 Å². The third-order valence-corrected chi connectivity index (χ3v) is 6.86. The molecule has 1 aromatic heterocycles. The topological polar surface area (TPSA) is 174 Å². The minimum Gasteiger partial charge on any atom is -0.465 e. The standard InChI is InChI=1S/C33H30N4O10/c1-2-43-26(38)19-34-25-18-35-37(33(42)36-25)29-28(47-32(41)23-16-10-5-11-17-23)27(46-31(40)22-14-8-4-9-15-22)24(45-29)20-44-30(39)21-12-6-3-7-13-21/h3-18,24,27-29H,2,19-20H2,1H3,(H,34,36,42)/t24-,27+,28+,29+/m0/s1. The smallest absolute Gasteiger partial charge is 0.368 e. The van der Waals surface area contributed by atoms with Gasteiger partial charge in [-0.3, -0.25) is 4.79 Å². The number of anilines is 1. The summed E-state index contributed by atoms with van der Waals surface area (Å²) >= 11 is 0. The van der Waals surface area contributed by atoms with Gasteiger partial charge in [0.15, 0.2) is 24.3 Å². The van der Waals surface area contributed by atoms with Crippen LogP contribution in [0, 0.1) is 0 Å². The van der Waals surface area contributed by atoms with Crippen molar-refractivity contribution in [1.82, 2.24) is 14.8 Å². The van der Waals surface area contributed by atoms with E-state index in [1.165, 1.54) is 24.3 Å². The molecule has 1 N–H and O–H groups in total. The summed E-state index contributed by atoms with van der Waals surface area (Å²) in [4.78, 5) is 68.2. The van der Waals surface area contributed by atoms with Crippen molar-refractivity contribution in [2.24, 2.45) is 0 Å². The number of ether oxygens (including phenoxy) is 5. The molecule has 14 nitrogen and oxygen atoms in total. The van der Waals surface area contributed by atoms with E-state index in [-0.39, 0.29) is 35.7 Å². The number of rotatable bonds is 12. The first-order chi connectivity index (χ1) is 22.8. The maximum absolute atomic E-state index is 13.3. The zero-order valence-corrected chi connectivity index (χ0v) is 25.1. The molecule has 1 fully saturated rings. The number of carbonyl (C=O) groups is 4. The number of aromatic nitrogens is 3. The van der Waals surface area contributed by atoms with Gasteiger partial charge in [0.2, 0.25) is 0 Å². The summed E-state index contributed by atoms with van der Waals surface area (Å²) in [6, 6.07) is 24.3. The first-order valence-corrected chi connectivity index (χ1v) is 14.6. The lowest BCUT2D eigenvalue weighted by Gasteiger charge is -2.24. The molecule has 2 heterocycles. The molecule has 14 heteroatoms. The Kier molecular flexibility index (Phi) is 10.7. The molecule has 0 saturated carbocycles. The molecule has 47 heavy (non-hydrogen) atoms. The van der Waals surface area contributed by atoms with Crippen molar-refractivity contribution >= 4 is 29.7 Å². The molecule has 0 aliphatic carbocycles. The van der Waals surface area contributed by atoms with Gasteiger partial charge in [0.25, 0.3) is 0 Å². The summed E-state index contributed by atoms with van der Waals surface area (Å²) in [5.41, 5.74) is -0.312. The van der Waals surface area contributed by atoms with Crippen LogP contribution in [0.15, 0.2) is 102 Å². The number of nitrogens with zero attached hydrogens (tertiary/aromatic N) is 3. The molecule has 0 unspecified atom stereocenters. The quantitative estimate of drug-likeness (QED) is 0.177. The van der Waals surface area contributed by atoms with Crippen LogP contribution >= 0.6 is 0 Å². The van der Waals surface area contributed by atoms with Crippen molar-refractivity contribution in [2.75, 3.05) is 25.1 Å². The number of hydrogen-bond donors (Lipinski definition) is 1. The highest BCUT2D eigenvalue weighted by molar-refractivity contribution is 5.91. The molecule has 4 aromatic rings. The summed E-state index contributed by atoms with van der Waals surface area (Å²) in [5.74, 6) is -2.87. The molecule has 1 aliphatic rings. The third kappa shape index (κ3) is 8.23. The summed E-state index contributed by atoms with van der Waals surface area (Å²) in [5, 5.41) is 6.77. The van der Waals surface area contributed by atoms with Crippen LogP contribution in [0.1, 0.15) is 44.2 Å². The van der Waals surface area contributed by atoms with Gasteiger partial charge >= 0.3 is 29.6 Å². The molecule has 0 radical (unpaired) electrons. The molecule has 0 spiro atoms.